The molecule has 1 aromatic carbocycles. The molecule has 0 aromatic heterocycles. The smallest absolute Gasteiger partial charge is 0.326 e. The number of likely N-dealkylation sites (N-methyl/N-ethyl adjacent to an activating group) is 1. The molecule has 1 aliphatic rings. The molecule has 0 saturated carbocycles. The predicted octanol–water partition coefficient (Wildman–Crippen LogP) is 0.868. The van der Waals surface area contributed by atoms with Gasteiger partial charge in [-0.05, 0) is 33.4 Å². The molecule has 0 aliphatic carbocycles. The van der Waals surface area contributed by atoms with E-state index < -0.39 is 11.6 Å². The first-order valence-electron chi connectivity index (χ1n) is 7.91. The molecule has 2 N–H and O–H groups in total. The number of hydrogen-bond donors (Lipinski definition) is 2. The Hall–Kier alpha value is -2.41. The van der Waals surface area contributed by atoms with Gasteiger partial charge in [0.2, 0.25) is 5.91 Å². The number of benzene rings is 1. The average molecular weight is 332 g/mol. The van der Waals surface area contributed by atoms with Crippen molar-refractivity contribution in [3.63, 3.8) is 0 Å². The van der Waals surface area contributed by atoms with E-state index in [2.05, 4.69) is 10.6 Å². The minimum absolute atomic E-state index is 0.0454. The third-order valence-electron chi connectivity index (χ3n) is 3.87. The Labute approximate surface area is 142 Å². The highest BCUT2D eigenvalue weighted by atomic mass is 16.2. The Morgan fingerprint density at radius 1 is 1.29 bits per heavy atom. The highest BCUT2D eigenvalue weighted by Gasteiger charge is 2.49. The maximum Gasteiger partial charge on any atom is 0.326 e. The van der Waals surface area contributed by atoms with Crippen LogP contribution >= 0.6 is 0 Å². The van der Waals surface area contributed by atoms with E-state index in [0.717, 1.165) is 10.5 Å². The molecular weight excluding hydrogens is 308 g/mol. The van der Waals surface area contributed by atoms with Crippen LogP contribution < -0.4 is 10.6 Å². The molecule has 7 heteroatoms. The molecule has 0 bridgehead atoms. The number of carbonyl (C=O) groups is 3. The molecule has 1 saturated heterocycles. The molecule has 4 amide bonds. The van der Waals surface area contributed by atoms with Crippen molar-refractivity contribution in [2.75, 3.05) is 20.3 Å². The number of nitrogens with zero attached hydrogens (tertiary/aromatic N) is 2. The van der Waals surface area contributed by atoms with E-state index >= 15 is 0 Å². The van der Waals surface area contributed by atoms with Crippen molar-refractivity contribution in [2.24, 2.45) is 0 Å². The topological polar surface area (TPSA) is 81.8 Å². The third kappa shape index (κ3) is 3.73. The van der Waals surface area contributed by atoms with Crippen LogP contribution in [0.25, 0.3) is 0 Å². The lowest BCUT2D eigenvalue weighted by molar-refractivity contribution is -0.133. The van der Waals surface area contributed by atoms with Crippen LogP contribution in [-0.4, -0.2) is 53.9 Å². The zero-order chi connectivity index (χ0) is 17.9. The zero-order valence-corrected chi connectivity index (χ0v) is 14.5. The lowest BCUT2D eigenvalue weighted by atomic mass is 9.92. The van der Waals surface area contributed by atoms with Crippen LogP contribution in [0.5, 0.6) is 0 Å². The van der Waals surface area contributed by atoms with Crippen molar-refractivity contribution >= 4 is 17.8 Å². The van der Waals surface area contributed by atoms with Gasteiger partial charge in [-0.25, -0.2) is 9.69 Å². The summed E-state index contributed by atoms with van der Waals surface area (Å²) < 4.78 is 0. The van der Waals surface area contributed by atoms with E-state index in [9.17, 15) is 14.4 Å². The maximum absolute atomic E-state index is 12.8. The number of amides is 4. The van der Waals surface area contributed by atoms with Crippen LogP contribution in [0.3, 0.4) is 0 Å². The van der Waals surface area contributed by atoms with E-state index in [-0.39, 0.29) is 31.1 Å². The second-order valence-corrected chi connectivity index (χ2v) is 6.53. The summed E-state index contributed by atoms with van der Waals surface area (Å²) in [4.78, 5) is 39.6. The molecule has 1 heterocycles. The van der Waals surface area contributed by atoms with Crippen LogP contribution in [0.15, 0.2) is 30.3 Å². The Balaban J connectivity index is 2.06. The van der Waals surface area contributed by atoms with Crippen molar-refractivity contribution in [2.45, 2.75) is 32.4 Å². The zero-order valence-electron chi connectivity index (χ0n) is 14.5. The number of urea groups is 1. The second kappa shape index (κ2) is 7.00. The normalized spacial score (nSPS) is 20.7. The molecule has 0 spiro atoms. The Morgan fingerprint density at radius 2 is 1.92 bits per heavy atom. The SMILES string of the molecule is CC(C)NC(=O)CN(C)CN1C(=O)N[C@](C)(c2ccccc2)C1=O. The van der Waals surface area contributed by atoms with Crippen LogP contribution in [-0.2, 0) is 15.1 Å². The minimum atomic E-state index is -1.08. The van der Waals surface area contributed by atoms with Gasteiger partial charge in [0, 0.05) is 6.04 Å². The van der Waals surface area contributed by atoms with Crippen LogP contribution in [0.1, 0.15) is 26.3 Å². The van der Waals surface area contributed by atoms with Gasteiger partial charge in [-0.3, -0.25) is 14.5 Å². The molecule has 130 valence electrons. The number of hydrogen-bond acceptors (Lipinski definition) is 4. The summed E-state index contributed by atoms with van der Waals surface area (Å²) in [5, 5.41) is 5.53. The van der Waals surface area contributed by atoms with Crippen LogP contribution in [0, 0.1) is 0 Å². The van der Waals surface area contributed by atoms with Gasteiger partial charge in [-0.1, -0.05) is 30.3 Å². The van der Waals surface area contributed by atoms with E-state index in [1.54, 1.807) is 18.9 Å². The summed E-state index contributed by atoms with van der Waals surface area (Å²) in [5.41, 5.74) is -0.356. The van der Waals surface area contributed by atoms with Gasteiger partial charge in [0.25, 0.3) is 5.91 Å². The molecule has 0 unspecified atom stereocenters. The van der Waals surface area contributed by atoms with Crippen molar-refractivity contribution in [3.8, 4) is 0 Å². The first-order chi connectivity index (χ1) is 11.2. The second-order valence-electron chi connectivity index (χ2n) is 6.53. The fourth-order valence-corrected chi connectivity index (χ4v) is 2.70. The van der Waals surface area contributed by atoms with Crippen molar-refractivity contribution in [3.05, 3.63) is 35.9 Å². The van der Waals surface area contributed by atoms with Gasteiger partial charge < -0.3 is 10.6 Å². The third-order valence-corrected chi connectivity index (χ3v) is 3.87. The van der Waals surface area contributed by atoms with Crippen LogP contribution in [0.2, 0.25) is 0 Å². The van der Waals surface area contributed by atoms with Crippen molar-refractivity contribution in [1.82, 2.24) is 20.4 Å². The highest BCUT2D eigenvalue weighted by Crippen LogP contribution is 2.28. The van der Waals surface area contributed by atoms with Crippen LogP contribution in [0.4, 0.5) is 4.79 Å². The van der Waals surface area contributed by atoms with Gasteiger partial charge in [-0.2, -0.15) is 0 Å². The first kappa shape index (κ1) is 17.9. The Kier molecular flexibility index (Phi) is 5.23. The minimum Gasteiger partial charge on any atom is -0.353 e. The fourth-order valence-electron chi connectivity index (χ4n) is 2.70. The van der Waals surface area contributed by atoms with Crippen molar-refractivity contribution in [1.29, 1.82) is 0 Å². The van der Waals surface area contributed by atoms with Gasteiger partial charge in [-0.15, -0.1) is 0 Å². The molecule has 1 aromatic rings. The van der Waals surface area contributed by atoms with Crippen molar-refractivity contribution < 1.29 is 14.4 Å². The quantitative estimate of drug-likeness (QED) is 0.757. The lowest BCUT2D eigenvalue weighted by Gasteiger charge is -2.24. The number of rotatable bonds is 6. The first-order valence-corrected chi connectivity index (χ1v) is 7.91. The average Bonchev–Trinajstić information content (AvgIpc) is 2.71. The number of imide groups is 1. The highest BCUT2D eigenvalue weighted by molar-refractivity contribution is 6.07. The van der Waals surface area contributed by atoms with E-state index in [1.807, 2.05) is 44.2 Å². The molecule has 0 radical (unpaired) electrons. The molecule has 1 atom stereocenters. The Bertz CT molecular complexity index is 632. The van der Waals surface area contributed by atoms with Gasteiger partial charge >= 0.3 is 6.03 Å². The molecule has 2 rings (SSSR count). The van der Waals surface area contributed by atoms with E-state index in [4.69, 9.17) is 0 Å². The standard InChI is InChI=1S/C17H24N4O3/c1-12(2)18-14(22)10-20(4)11-21-15(23)17(3,19-16(21)24)13-8-6-5-7-9-13/h5-9,12H,10-11H2,1-4H3,(H,18,22)(H,19,24)/t17-/m1/s1. The monoisotopic (exact) mass is 332 g/mol. The maximum atomic E-state index is 12.8. The molecular formula is C17H24N4O3. The predicted molar refractivity (Wildman–Crippen MR) is 89.9 cm³/mol. The van der Waals surface area contributed by atoms with E-state index in [1.165, 1.54) is 0 Å². The molecule has 7 nitrogen and oxygen atoms in total. The Morgan fingerprint density at radius 3 is 2.50 bits per heavy atom. The lowest BCUT2D eigenvalue weighted by Crippen LogP contribution is -2.46. The number of carbonyl (C=O) groups excluding carboxylic acids is 3. The van der Waals surface area contributed by atoms with Gasteiger partial charge in [0.15, 0.2) is 0 Å². The molecule has 1 fully saturated rings. The van der Waals surface area contributed by atoms with Gasteiger partial charge in [0.05, 0.1) is 13.2 Å². The summed E-state index contributed by atoms with van der Waals surface area (Å²) >= 11 is 0. The summed E-state index contributed by atoms with van der Waals surface area (Å²) in [7, 11) is 1.69. The van der Waals surface area contributed by atoms with E-state index in [0.29, 0.717) is 0 Å². The summed E-state index contributed by atoms with van der Waals surface area (Å²) in [5.74, 6) is -0.472. The number of nitrogens with one attached hydrogen (secondary N) is 2. The summed E-state index contributed by atoms with van der Waals surface area (Å²) in [6, 6.07) is 8.71. The molecule has 24 heavy (non-hydrogen) atoms. The largest absolute Gasteiger partial charge is 0.353 e. The molecule has 1 aliphatic heterocycles. The van der Waals surface area contributed by atoms with Gasteiger partial charge in [0.1, 0.15) is 5.54 Å². The summed E-state index contributed by atoms with van der Waals surface area (Å²) in [6.07, 6.45) is 0. The summed E-state index contributed by atoms with van der Waals surface area (Å²) in [6.45, 7) is 5.60. The fraction of sp³-hybridized carbons (Fsp3) is 0.471.